The lowest BCUT2D eigenvalue weighted by atomic mass is 9.90. The summed E-state index contributed by atoms with van der Waals surface area (Å²) in [5, 5.41) is 0. The molecule has 1 aliphatic heterocycles. The number of piperidine rings is 1. The summed E-state index contributed by atoms with van der Waals surface area (Å²) < 4.78 is 10.2. The average molecular weight is 334 g/mol. The molecular weight excluding hydrogens is 312 g/mol. The van der Waals surface area contributed by atoms with Crippen molar-refractivity contribution in [3.63, 3.8) is 0 Å². The van der Waals surface area contributed by atoms with Gasteiger partial charge in [-0.25, -0.2) is 4.79 Å². The van der Waals surface area contributed by atoms with Gasteiger partial charge in [0.05, 0.1) is 12.5 Å². The zero-order valence-electron chi connectivity index (χ0n) is 13.6. The van der Waals surface area contributed by atoms with Crippen LogP contribution in [-0.2, 0) is 25.7 Å². The second-order valence-corrected chi connectivity index (χ2v) is 5.63. The van der Waals surface area contributed by atoms with Crippen LogP contribution in [0.1, 0.15) is 25.3 Å². The Balaban J connectivity index is 1.97. The average Bonchev–Trinajstić information content (AvgIpc) is 2.60. The molecule has 2 N–H and O–H groups in total. The van der Waals surface area contributed by atoms with Gasteiger partial charge >= 0.3 is 12.1 Å². The van der Waals surface area contributed by atoms with Crippen molar-refractivity contribution >= 4 is 18.0 Å². The lowest BCUT2D eigenvalue weighted by Crippen LogP contribution is -2.53. The van der Waals surface area contributed by atoms with E-state index in [4.69, 9.17) is 15.2 Å². The number of hydrogen-bond acceptors (Lipinski definition) is 5. The summed E-state index contributed by atoms with van der Waals surface area (Å²) in [7, 11) is 0. The molecule has 0 aromatic heterocycles. The normalized spacial score (nSPS) is 20.3. The molecule has 2 rings (SSSR count). The van der Waals surface area contributed by atoms with Gasteiger partial charge in [-0.2, -0.15) is 0 Å². The summed E-state index contributed by atoms with van der Waals surface area (Å²) in [5.74, 6) is -1.44. The first-order chi connectivity index (χ1) is 11.5. The highest BCUT2D eigenvalue weighted by atomic mass is 16.6. The highest BCUT2D eigenvalue weighted by molar-refractivity contribution is 5.85. The van der Waals surface area contributed by atoms with E-state index >= 15 is 0 Å². The zero-order chi connectivity index (χ0) is 17.5. The highest BCUT2D eigenvalue weighted by Crippen LogP contribution is 2.25. The van der Waals surface area contributed by atoms with Gasteiger partial charge < -0.3 is 15.2 Å². The van der Waals surface area contributed by atoms with Crippen LogP contribution in [0.15, 0.2) is 30.3 Å². The minimum absolute atomic E-state index is 0.114. The summed E-state index contributed by atoms with van der Waals surface area (Å²) in [6, 6.07) is 8.38. The van der Waals surface area contributed by atoms with Gasteiger partial charge in [-0.1, -0.05) is 30.3 Å². The number of nitrogens with zero attached hydrogens (tertiary/aromatic N) is 1. The molecule has 24 heavy (non-hydrogen) atoms. The Bertz CT molecular complexity index is 590. The van der Waals surface area contributed by atoms with Crippen LogP contribution >= 0.6 is 0 Å². The van der Waals surface area contributed by atoms with Crippen molar-refractivity contribution in [1.29, 1.82) is 0 Å². The van der Waals surface area contributed by atoms with Crippen LogP contribution in [0.2, 0.25) is 0 Å². The van der Waals surface area contributed by atoms with Crippen LogP contribution in [0.3, 0.4) is 0 Å². The summed E-state index contributed by atoms with van der Waals surface area (Å²) in [4.78, 5) is 37.1. The molecule has 7 heteroatoms. The molecule has 2 amide bonds. The Labute approximate surface area is 140 Å². The fourth-order valence-corrected chi connectivity index (χ4v) is 2.73. The summed E-state index contributed by atoms with van der Waals surface area (Å²) in [5.41, 5.74) is 6.25. The number of carbonyl (C=O) groups excluding carboxylic acids is 3. The lowest BCUT2D eigenvalue weighted by Gasteiger charge is -2.36. The van der Waals surface area contributed by atoms with Crippen molar-refractivity contribution in [2.45, 2.75) is 32.4 Å². The molecule has 130 valence electrons. The molecule has 0 unspecified atom stereocenters. The molecule has 0 aliphatic carbocycles. The van der Waals surface area contributed by atoms with Crippen molar-refractivity contribution in [3.05, 3.63) is 35.9 Å². The second kappa shape index (κ2) is 8.33. The molecule has 7 nitrogen and oxygen atoms in total. The Kier molecular flexibility index (Phi) is 6.17. The van der Waals surface area contributed by atoms with Gasteiger partial charge in [-0.3, -0.25) is 14.5 Å². The number of hydrogen-bond donors (Lipinski definition) is 1. The van der Waals surface area contributed by atoms with Crippen molar-refractivity contribution in [1.82, 2.24) is 4.90 Å². The summed E-state index contributed by atoms with van der Waals surface area (Å²) >= 11 is 0. The number of esters is 1. The molecule has 1 aromatic carbocycles. The van der Waals surface area contributed by atoms with Crippen molar-refractivity contribution in [2.75, 3.05) is 13.2 Å². The summed E-state index contributed by atoms with van der Waals surface area (Å²) in [6.07, 6.45) is -0.0255. The number of amides is 2. The number of rotatable bonds is 5. The summed E-state index contributed by atoms with van der Waals surface area (Å²) in [6.45, 7) is 2.34. The molecule has 1 saturated heterocycles. The Morgan fingerprint density at radius 2 is 1.92 bits per heavy atom. The van der Waals surface area contributed by atoms with Crippen molar-refractivity contribution < 1.29 is 23.9 Å². The monoisotopic (exact) mass is 334 g/mol. The van der Waals surface area contributed by atoms with Crippen LogP contribution in [0, 0.1) is 5.92 Å². The van der Waals surface area contributed by atoms with Gasteiger partial charge in [0.2, 0.25) is 5.91 Å². The van der Waals surface area contributed by atoms with E-state index in [1.807, 2.05) is 30.3 Å². The van der Waals surface area contributed by atoms with Crippen molar-refractivity contribution in [3.8, 4) is 0 Å². The van der Waals surface area contributed by atoms with Gasteiger partial charge in [0.25, 0.3) is 0 Å². The number of nitrogens with two attached hydrogens (primary N) is 1. The Morgan fingerprint density at radius 1 is 1.21 bits per heavy atom. The largest absolute Gasteiger partial charge is 0.466 e. The third-order valence-corrected chi connectivity index (χ3v) is 3.99. The number of likely N-dealkylation sites (tertiary alicyclic amines) is 1. The van der Waals surface area contributed by atoms with Gasteiger partial charge in [-0.05, 0) is 25.3 Å². The van der Waals surface area contributed by atoms with E-state index in [9.17, 15) is 14.4 Å². The molecule has 0 radical (unpaired) electrons. The first-order valence-electron chi connectivity index (χ1n) is 7.96. The highest BCUT2D eigenvalue weighted by Gasteiger charge is 2.39. The van der Waals surface area contributed by atoms with Crippen LogP contribution in [0.4, 0.5) is 4.79 Å². The molecule has 1 fully saturated rings. The fraction of sp³-hybridized carbons (Fsp3) is 0.471. The maximum Gasteiger partial charge on any atom is 0.410 e. The lowest BCUT2D eigenvalue weighted by molar-refractivity contribution is -0.150. The first kappa shape index (κ1) is 17.8. The predicted octanol–water partition coefficient (Wildman–Crippen LogP) is 1.45. The number of carbonyl (C=O) groups is 3. The van der Waals surface area contributed by atoms with Gasteiger partial charge in [0, 0.05) is 6.54 Å². The van der Waals surface area contributed by atoms with Gasteiger partial charge in [0.1, 0.15) is 12.6 Å². The van der Waals surface area contributed by atoms with Crippen LogP contribution in [-0.4, -0.2) is 42.1 Å². The minimum Gasteiger partial charge on any atom is -0.466 e. The molecule has 2 atom stereocenters. The quantitative estimate of drug-likeness (QED) is 0.822. The molecule has 1 aliphatic rings. The SMILES string of the molecule is CCOC(=O)[C@H]1CCN(C(=O)OCc2ccccc2)[C@@H](C(N)=O)C1. The molecule has 1 heterocycles. The van der Waals surface area contributed by atoms with Crippen LogP contribution in [0.25, 0.3) is 0 Å². The third kappa shape index (κ3) is 4.47. The smallest absolute Gasteiger partial charge is 0.410 e. The predicted molar refractivity (Wildman–Crippen MR) is 85.7 cm³/mol. The van der Waals surface area contributed by atoms with E-state index in [-0.39, 0.29) is 32.1 Å². The number of ether oxygens (including phenoxy) is 2. The van der Waals surface area contributed by atoms with Crippen molar-refractivity contribution in [2.24, 2.45) is 11.7 Å². The zero-order valence-corrected chi connectivity index (χ0v) is 13.6. The van der Waals surface area contributed by atoms with E-state index in [1.54, 1.807) is 6.92 Å². The standard InChI is InChI=1S/C17H22N2O5/c1-2-23-16(21)13-8-9-19(14(10-13)15(18)20)17(22)24-11-12-6-4-3-5-7-12/h3-7,13-14H,2,8-11H2,1H3,(H2,18,20)/t13-,14+/m0/s1. The van der Waals surface area contributed by atoms with E-state index < -0.39 is 24.0 Å². The maximum absolute atomic E-state index is 12.3. The molecule has 0 bridgehead atoms. The fourth-order valence-electron chi connectivity index (χ4n) is 2.73. The van der Waals surface area contributed by atoms with E-state index in [2.05, 4.69) is 0 Å². The minimum atomic E-state index is -0.864. The number of primary amides is 1. The molecule has 0 saturated carbocycles. The Hall–Kier alpha value is -2.57. The topological polar surface area (TPSA) is 98.9 Å². The van der Waals surface area contributed by atoms with E-state index in [1.165, 1.54) is 4.90 Å². The first-order valence-corrected chi connectivity index (χ1v) is 7.96. The second-order valence-electron chi connectivity index (χ2n) is 5.63. The number of benzene rings is 1. The van der Waals surface area contributed by atoms with Crippen LogP contribution in [0.5, 0.6) is 0 Å². The third-order valence-electron chi connectivity index (χ3n) is 3.99. The van der Waals surface area contributed by atoms with E-state index in [0.29, 0.717) is 6.42 Å². The molecule has 1 aromatic rings. The van der Waals surface area contributed by atoms with E-state index in [0.717, 1.165) is 5.56 Å². The van der Waals surface area contributed by atoms with Crippen LogP contribution < -0.4 is 5.73 Å². The van der Waals surface area contributed by atoms with Gasteiger partial charge in [-0.15, -0.1) is 0 Å². The van der Waals surface area contributed by atoms with Gasteiger partial charge in [0.15, 0.2) is 0 Å². The molecular formula is C17H22N2O5. The Morgan fingerprint density at radius 3 is 2.54 bits per heavy atom. The maximum atomic E-state index is 12.3. The molecule has 0 spiro atoms.